The predicted octanol–water partition coefficient (Wildman–Crippen LogP) is 2.69. The van der Waals surface area contributed by atoms with Crippen LogP contribution in [0.3, 0.4) is 0 Å². The highest BCUT2D eigenvalue weighted by Crippen LogP contribution is 2.34. The van der Waals surface area contributed by atoms with E-state index >= 15 is 0 Å². The van der Waals surface area contributed by atoms with Gasteiger partial charge < -0.3 is 14.8 Å². The van der Waals surface area contributed by atoms with Crippen molar-refractivity contribution < 1.29 is 9.05 Å². The molecule has 1 aliphatic carbocycles. The van der Waals surface area contributed by atoms with Crippen LogP contribution in [0.25, 0.3) is 11.4 Å². The maximum Gasteiger partial charge on any atom is 0.227 e. The third kappa shape index (κ3) is 2.91. The number of aromatic nitrogens is 4. The Morgan fingerprint density at radius 2 is 1.83 bits per heavy atom. The smallest absolute Gasteiger partial charge is 0.227 e. The molecule has 4 rings (SSSR count). The van der Waals surface area contributed by atoms with Gasteiger partial charge in [0.2, 0.25) is 17.6 Å². The van der Waals surface area contributed by atoms with Crippen LogP contribution in [0.5, 0.6) is 0 Å². The quantitative estimate of drug-likeness (QED) is 0.766. The molecule has 3 aromatic heterocycles. The number of rotatable bonds is 5. The Morgan fingerprint density at radius 1 is 1.09 bits per heavy atom. The van der Waals surface area contributed by atoms with Gasteiger partial charge in [0.25, 0.3) is 0 Å². The number of nitrogens with zero attached hydrogens (tertiary/aromatic N) is 4. The summed E-state index contributed by atoms with van der Waals surface area (Å²) in [6.07, 6.45) is 5.20. The number of hydrogen-bond acceptors (Lipinski definition) is 8. The fourth-order valence-corrected chi connectivity index (χ4v) is 3.50. The normalized spacial score (nSPS) is 16.9. The van der Waals surface area contributed by atoms with Crippen LogP contribution in [-0.2, 0) is 18.4 Å². The predicted molar refractivity (Wildman–Crippen MR) is 83.7 cm³/mol. The van der Waals surface area contributed by atoms with Crippen molar-refractivity contribution in [2.24, 2.45) is 5.73 Å². The monoisotopic (exact) mass is 331 g/mol. The largest absolute Gasteiger partial charge is 0.339 e. The summed E-state index contributed by atoms with van der Waals surface area (Å²) in [5.41, 5.74) is 6.88. The number of thiophene rings is 1. The summed E-state index contributed by atoms with van der Waals surface area (Å²) in [4.78, 5) is 8.82. The minimum absolute atomic E-state index is 0.418. The second-order valence-corrected chi connectivity index (χ2v) is 6.68. The van der Waals surface area contributed by atoms with Gasteiger partial charge in [-0.25, -0.2) is 0 Å². The second-order valence-electron chi connectivity index (χ2n) is 5.90. The van der Waals surface area contributed by atoms with Gasteiger partial charge in [-0.3, -0.25) is 0 Å². The molecular weight excluding hydrogens is 314 g/mol. The Balaban J connectivity index is 1.41. The molecule has 0 atom stereocenters. The molecular formula is C15H17N5O2S. The third-order valence-electron chi connectivity index (χ3n) is 4.21. The van der Waals surface area contributed by atoms with E-state index in [0.29, 0.717) is 36.3 Å². The molecule has 120 valence electrons. The molecule has 1 aliphatic rings. The number of hydrogen-bond donors (Lipinski definition) is 1. The summed E-state index contributed by atoms with van der Waals surface area (Å²) in [7, 11) is 0. The van der Waals surface area contributed by atoms with Gasteiger partial charge in [0.05, 0.1) is 5.54 Å². The topological polar surface area (TPSA) is 104 Å². The summed E-state index contributed by atoms with van der Waals surface area (Å²) in [6, 6.07) is 1.96. The fourth-order valence-electron chi connectivity index (χ4n) is 2.87. The standard InChI is InChI=1S/C15H17N5O2S/c16-15(6-1-2-7-15)14-18-12(22-20-14)4-3-11-17-13(19-21-11)10-5-8-23-9-10/h5,8-9H,1-4,6-7,16H2. The van der Waals surface area contributed by atoms with E-state index in [1.165, 1.54) is 0 Å². The lowest BCUT2D eigenvalue weighted by Gasteiger charge is -2.17. The van der Waals surface area contributed by atoms with E-state index in [-0.39, 0.29) is 0 Å². The first-order chi connectivity index (χ1) is 11.2. The van der Waals surface area contributed by atoms with E-state index < -0.39 is 5.54 Å². The minimum Gasteiger partial charge on any atom is -0.339 e. The van der Waals surface area contributed by atoms with E-state index in [9.17, 15) is 0 Å². The van der Waals surface area contributed by atoms with Crippen LogP contribution in [0, 0.1) is 0 Å². The van der Waals surface area contributed by atoms with Crippen molar-refractivity contribution in [2.45, 2.75) is 44.1 Å². The lowest BCUT2D eigenvalue weighted by atomic mass is 9.99. The van der Waals surface area contributed by atoms with E-state index in [1.807, 2.05) is 16.8 Å². The van der Waals surface area contributed by atoms with Gasteiger partial charge in [-0.2, -0.15) is 21.3 Å². The van der Waals surface area contributed by atoms with Gasteiger partial charge in [0, 0.05) is 23.8 Å². The first kappa shape index (κ1) is 14.5. The van der Waals surface area contributed by atoms with Crippen molar-refractivity contribution in [1.29, 1.82) is 0 Å². The number of nitrogens with two attached hydrogens (primary N) is 1. The Labute approximate surface area is 136 Å². The van der Waals surface area contributed by atoms with Gasteiger partial charge in [0.15, 0.2) is 5.82 Å². The van der Waals surface area contributed by atoms with Crippen LogP contribution in [0.2, 0.25) is 0 Å². The van der Waals surface area contributed by atoms with Crippen LogP contribution in [0.1, 0.15) is 43.3 Å². The number of aryl methyl sites for hydroxylation is 2. The Kier molecular flexibility index (Phi) is 3.70. The molecule has 0 aromatic carbocycles. The van der Waals surface area contributed by atoms with Gasteiger partial charge >= 0.3 is 0 Å². The summed E-state index contributed by atoms with van der Waals surface area (Å²) in [6.45, 7) is 0. The van der Waals surface area contributed by atoms with Crippen molar-refractivity contribution in [3.8, 4) is 11.4 Å². The Morgan fingerprint density at radius 3 is 2.57 bits per heavy atom. The lowest BCUT2D eigenvalue weighted by Crippen LogP contribution is -2.34. The Bertz CT molecular complexity index is 774. The molecule has 0 aliphatic heterocycles. The molecule has 0 radical (unpaired) electrons. The zero-order valence-corrected chi connectivity index (χ0v) is 13.4. The van der Waals surface area contributed by atoms with Crippen molar-refractivity contribution >= 4 is 11.3 Å². The van der Waals surface area contributed by atoms with Crippen LogP contribution in [-0.4, -0.2) is 20.3 Å². The molecule has 1 fully saturated rings. The molecule has 0 unspecified atom stereocenters. The highest BCUT2D eigenvalue weighted by molar-refractivity contribution is 7.08. The van der Waals surface area contributed by atoms with E-state index in [2.05, 4.69) is 20.3 Å². The maximum absolute atomic E-state index is 6.33. The van der Waals surface area contributed by atoms with Crippen LogP contribution in [0.15, 0.2) is 25.9 Å². The molecule has 0 amide bonds. The third-order valence-corrected chi connectivity index (χ3v) is 4.89. The van der Waals surface area contributed by atoms with Gasteiger partial charge in [-0.05, 0) is 24.3 Å². The summed E-state index contributed by atoms with van der Waals surface area (Å²) in [5, 5.41) is 12.0. The molecule has 2 N–H and O–H groups in total. The summed E-state index contributed by atoms with van der Waals surface area (Å²) in [5.74, 6) is 2.36. The molecule has 3 heterocycles. The molecule has 0 spiro atoms. The zero-order chi connectivity index (χ0) is 15.7. The average molecular weight is 331 g/mol. The van der Waals surface area contributed by atoms with Gasteiger partial charge in [-0.1, -0.05) is 23.2 Å². The van der Waals surface area contributed by atoms with Crippen LogP contribution in [0.4, 0.5) is 0 Å². The van der Waals surface area contributed by atoms with Crippen molar-refractivity contribution in [3.63, 3.8) is 0 Å². The molecule has 1 saturated carbocycles. The molecule has 7 nitrogen and oxygen atoms in total. The SMILES string of the molecule is NC1(c2noc(CCc3nc(-c4ccsc4)no3)n2)CCCC1. The first-order valence-electron chi connectivity index (χ1n) is 7.70. The van der Waals surface area contributed by atoms with Gasteiger partial charge in [-0.15, -0.1) is 0 Å². The van der Waals surface area contributed by atoms with E-state index in [0.717, 1.165) is 31.2 Å². The fraction of sp³-hybridized carbons (Fsp3) is 0.467. The van der Waals surface area contributed by atoms with Crippen molar-refractivity contribution in [1.82, 2.24) is 20.3 Å². The van der Waals surface area contributed by atoms with Crippen molar-refractivity contribution in [2.75, 3.05) is 0 Å². The lowest BCUT2D eigenvalue weighted by molar-refractivity contribution is 0.339. The molecule has 3 aromatic rings. The molecule has 23 heavy (non-hydrogen) atoms. The summed E-state index contributed by atoms with van der Waals surface area (Å²) >= 11 is 1.60. The highest BCUT2D eigenvalue weighted by Gasteiger charge is 2.35. The zero-order valence-electron chi connectivity index (χ0n) is 12.6. The summed E-state index contributed by atoms with van der Waals surface area (Å²) < 4.78 is 10.6. The van der Waals surface area contributed by atoms with E-state index in [4.69, 9.17) is 14.8 Å². The van der Waals surface area contributed by atoms with E-state index in [1.54, 1.807) is 11.3 Å². The second kappa shape index (κ2) is 5.86. The highest BCUT2D eigenvalue weighted by atomic mass is 32.1. The van der Waals surface area contributed by atoms with Crippen LogP contribution >= 0.6 is 11.3 Å². The van der Waals surface area contributed by atoms with Crippen molar-refractivity contribution in [3.05, 3.63) is 34.4 Å². The molecule has 0 bridgehead atoms. The molecule has 8 heteroatoms. The average Bonchev–Trinajstić information content (AvgIpc) is 3.31. The maximum atomic E-state index is 6.33. The van der Waals surface area contributed by atoms with Crippen LogP contribution < -0.4 is 5.73 Å². The first-order valence-corrected chi connectivity index (χ1v) is 8.64. The Hall–Kier alpha value is -2.06. The van der Waals surface area contributed by atoms with Gasteiger partial charge in [0.1, 0.15) is 0 Å². The minimum atomic E-state index is -0.418. The molecule has 0 saturated heterocycles.